The Morgan fingerprint density at radius 1 is 1.00 bits per heavy atom. The molecule has 0 saturated carbocycles. The first-order chi connectivity index (χ1) is 13.6. The summed E-state index contributed by atoms with van der Waals surface area (Å²) in [5.74, 6) is 1.49. The fourth-order valence-corrected chi connectivity index (χ4v) is 3.79. The zero-order chi connectivity index (χ0) is 21.2. The molecule has 1 aromatic heterocycles. The smallest absolute Gasteiger partial charge is 0.262 e. The molecule has 0 unspecified atom stereocenters. The molecule has 8 heteroatoms. The summed E-state index contributed by atoms with van der Waals surface area (Å²) in [4.78, 5) is 4.56. The molecule has 1 N–H and O–H groups in total. The number of hydrogen-bond donors (Lipinski definition) is 1. The van der Waals surface area contributed by atoms with Crippen LogP contribution in [0, 0.1) is 0 Å². The van der Waals surface area contributed by atoms with E-state index in [-0.39, 0.29) is 10.3 Å². The summed E-state index contributed by atoms with van der Waals surface area (Å²) in [6, 6.07) is 9.56. The Morgan fingerprint density at radius 2 is 1.69 bits per heavy atom. The van der Waals surface area contributed by atoms with Gasteiger partial charge in [-0.1, -0.05) is 20.8 Å². The van der Waals surface area contributed by atoms with Crippen molar-refractivity contribution in [2.75, 3.05) is 17.9 Å². The zero-order valence-electron chi connectivity index (χ0n) is 17.3. The molecule has 0 atom stereocenters. The molecule has 7 nitrogen and oxygen atoms in total. The maximum absolute atomic E-state index is 12.9. The van der Waals surface area contributed by atoms with E-state index in [4.69, 9.17) is 13.9 Å². The number of nitrogens with zero attached hydrogens (tertiary/aromatic N) is 1. The average molecular weight is 419 g/mol. The Labute approximate surface area is 171 Å². The summed E-state index contributed by atoms with van der Waals surface area (Å²) in [5.41, 5.74) is 1.36. The molecule has 0 bridgehead atoms. The van der Waals surface area contributed by atoms with Crippen LogP contribution in [0.15, 0.2) is 45.7 Å². The molecule has 0 amide bonds. The van der Waals surface area contributed by atoms with Gasteiger partial charge in [-0.25, -0.2) is 13.4 Å². The highest BCUT2D eigenvalue weighted by Crippen LogP contribution is 2.32. The second kappa shape index (κ2) is 7.94. The van der Waals surface area contributed by atoms with E-state index < -0.39 is 10.0 Å². The number of ether oxygens (including phenoxy) is 2. The first-order valence-electron chi connectivity index (χ1n) is 9.47. The fraction of sp³-hybridized carbons (Fsp3) is 0.381. The molecule has 3 aromatic rings. The summed E-state index contributed by atoms with van der Waals surface area (Å²) >= 11 is 0. The highest BCUT2D eigenvalue weighted by atomic mass is 32.2. The number of nitrogens with one attached hydrogen (secondary N) is 1. The number of sulfonamides is 1. The van der Waals surface area contributed by atoms with Crippen molar-refractivity contribution in [2.24, 2.45) is 0 Å². The lowest BCUT2D eigenvalue weighted by molar-refractivity contribution is 0.287. The first-order valence-corrected chi connectivity index (χ1v) is 11.0. The van der Waals surface area contributed by atoms with Crippen molar-refractivity contribution in [3.05, 3.63) is 42.3 Å². The second-order valence-corrected chi connectivity index (χ2v) is 9.21. The van der Waals surface area contributed by atoms with E-state index >= 15 is 0 Å². The summed E-state index contributed by atoms with van der Waals surface area (Å²) in [7, 11) is -3.82. The molecular weight excluding hydrogens is 392 g/mol. The van der Waals surface area contributed by atoms with Gasteiger partial charge in [-0.3, -0.25) is 4.72 Å². The van der Waals surface area contributed by atoms with E-state index in [2.05, 4.69) is 9.71 Å². The molecule has 2 aromatic carbocycles. The van der Waals surface area contributed by atoms with Crippen LogP contribution in [0.5, 0.6) is 11.5 Å². The van der Waals surface area contributed by atoms with Gasteiger partial charge in [0.05, 0.1) is 23.8 Å². The van der Waals surface area contributed by atoms with Crippen LogP contribution in [0.4, 0.5) is 5.69 Å². The van der Waals surface area contributed by atoms with E-state index in [1.807, 2.05) is 34.6 Å². The summed E-state index contributed by atoms with van der Waals surface area (Å²) in [6.07, 6.45) is 0. The number of aromatic nitrogens is 1. The largest absolute Gasteiger partial charge is 0.490 e. The Kier molecular flexibility index (Phi) is 5.75. The van der Waals surface area contributed by atoms with E-state index in [1.165, 1.54) is 12.1 Å². The summed E-state index contributed by atoms with van der Waals surface area (Å²) < 4.78 is 45.1. The molecule has 0 radical (unpaired) electrons. The van der Waals surface area contributed by atoms with Gasteiger partial charge in [-0.2, -0.15) is 0 Å². The van der Waals surface area contributed by atoms with Crippen LogP contribution >= 0.6 is 0 Å². The minimum Gasteiger partial charge on any atom is -0.490 e. The van der Waals surface area contributed by atoms with Gasteiger partial charge in [-0.05, 0) is 44.2 Å². The quantitative estimate of drug-likeness (QED) is 0.597. The highest BCUT2D eigenvalue weighted by Gasteiger charge is 2.22. The Balaban J connectivity index is 1.91. The van der Waals surface area contributed by atoms with Crippen molar-refractivity contribution in [1.82, 2.24) is 4.98 Å². The molecular formula is C21H26N2O5S. The molecule has 156 valence electrons. The summed E-state index contributed by atoms with van der Waals surface area (Å²) in [5, 5.41) is 0. The van der Waals surface area contributed by atoms with Gasteiger partial charge in [0.15, 0.2) is 17.1 Å². The van der Waals surface area contributed by atoms with Crippen molar-refractivity contribution in [3.8, 4) is 11.5 Å². The highest BCUT2D eigenvalue weighted by molar-refractivity contribution is 7.92. The monoisotopic (exact) mass is 418 g/mol. The molecule has 0 aliphatic rings. The van der Waals surface area contributed by atoms with E-state index in [9.17, 15) is 8.42 Å². The molecule has 0 aliphatic heterocycles. The fourth-order valence-electron chi connectivity index (χ4n) is 2.72. The topological polar surface area (TPSA) is 90.7 Å². The predicted octanol–water partition coefficient (Wildman–Crippen LogP) is 4.72. The van der Waals surface area contributed by atoms with Crippen LogP contribution < -0.4 is 14.2 Å². The lowest BCUT2D eigenvalue weighted by Gasteiger charge is -2.13. The Hall–Kier alpha value is -2.74. The molecule has 1 heterocycles. The van der Waals surface area contributed by atoms with Gasteiger partial charge in [0.25, 0.3) is 10.0 Å². The van der Waals surface area contributed by atoms with Crippen LogP contribution in [0.3, 0.4) is 0 Å². The van der Waals surface area contributed by atoms with Gasteiger partial charge in [0.2, 0.25) is 5.89 Å². The van der Waals surface area contributed by atoms with Crippen molar-refractivity contribution in [1.29, 1.82) is 0 Å². The predicted molar refractivity (Wildman–Crippen MR) is 112 cm³/mol. The van der Waals surface area contributed by atoms with Crippen LogP contribution in [0.1, 0.15) is 40.5 Å². The number of oxazole rings is 1. The van der Waals surface area contributed by atoms with Crippen molar-refractivity contribution < 1.29 is 22.3 Å². The number of hydrogen-bond acceptors (Lipinski definition) is 6. The summed E-state index contributed by atoms with van der Waals surface area (Å²) in [6.45, 7) is 10.5. The van der Waals surface area contributed by atoms with Crippen molar-refractivity contribution >= 4 is 26.8 Å². The third kappa shape index (κ3) is 4.64. The number of benzene rings is 2. The molecule has 0 fully saturated rings. The van der Waals surface area contributed by atoms with Crippen LogP contribution in [-0.4, -0.2) is 26.6 Å². The van der Waals surface area contributed by atoms with Gasteiger partial charge in [0, 0.05) is 11.5 Å². The molecule has 0 spiro atoms. The van der Waals surface area contributed by atoms with Crippen LogP contribution in [0.2, 0.25) is 0 Å². The lowest BCUT2D eigenvalue weighted by Crippen LogP contribution is -2.13. The molecule has 3 rings (SSSR count). The lowest BCUT2D eigenvalue weighted by atomic mass is 9.97. The maximum Gasteiger partial charge on any atom is 0.262 e. The third-order valence-corrected chi connectivity index (χ3v) is 5.49. The van der Waals surface area contributed by atoms with Gasteiger partial charge < -0.3 is 13.9 Å². The minimum absolute atomic E-state index is 0.0834. The normalized spacial score (nSPS) is 12.2. The molecule has 29 heavy (non-hydrogen) atoms. The minimum atomic E-state index is -3.82. The van der Waals surface area contributed by atoms with Crippen LogP contribution in [0.25, 0.3) is 11.1 Å². The van der Waals surface area contributed by atoms with Gasteiger partial charge in [-0.15, -0.1) is 0 Å². The average Bonchev–Trinajstić information content (AvgIpc) is 3.07. The third-order valence-electron chi connectivity index (χ3n) is 4.11. The van der Waals surface area contributed by atoms with Crippen molar-refractivity contribution in [3.63, 3.8) is 0 Å². The van der Waals surface area contributed by atoms with E-state index in [0.717, 1.165) is 0 Å². The maximum atomic E-state index is 12.9. The van der Waals surface area contributed by atoms with Gasteiger partial charge in [0.1, 0.15) is 5.52 Å². The molecule has 0 aliphatic carbocycles. The number of fused-ring (bicyclic) bond motifs is 1. The van der Waals surface area contributed by atoms with E-state index in [0.29, 0.717) is 47.4 Å². The number of anilines is 1. The van der Waals surface area contributed by atoms with E-state index in [1.54, 1.807) is 24.3 Å². The molecule has 0 saturated heterocycles. The number of rotatable bonds is 7. The first kappa shape index (κ1) is 21.0. The second-order valence-electron chi connectivity index (χ2n) is 7.53. The standard InChI is InChI=1S/C21H26N2O5S/c1-6-26-18-11-9-15(13-19(18)27-7-2)29(24,25)23-14-8-10-17-16(12-14)22-20(28-17)21(3,4)5/h8-13,23H,6-7H2,1-5H3. The zero-order valence-corrected chi connectivity index (χ0v) is 18.1. The Bertz CT molecular complexity index is 1110. The Morgan fingerprint density at radius 3 is 2.34 bits per heavy atom. The van der Waals surface area contributed by atoms with Gasteiger partial charge >= 0.3 is 0 Å². The van der Waals surface area contributed by atoms with Crippen molar-refractivity contribution in [2.45, 2.75) is 44.9 Å². The van der Waals surface area contributed by atoms with Crippen LogP contribution in [-0.2, 0) is 15.4 Å². The SMILES string of the molecule is CCOc1ccc(S(=O)(=O)Nc2ccc3oc(C(C)(C)C)nc3c2)cc1OCC.